The van der Waals surface area contributed by atoms with E-state index in [4.69, 9.17) is 0 Å². The van der Waals surface area contributed by atoms with Gasteiger partial charge in [-0.25, -0.2) is 8.42 Å². The molecule has 0 spiro atoms. The first-order valence-corrected chi connectivity index (χ1v) is 11.1. The van der Waals surface area contributed by atoms with Crippen molar-refractivity contribution < 1.29 is 13.2 Å². The number of hydrogen-bond donors (Lipinski definition) is 0. The van der Waals surface area contributed by atoms with Gasteiger partial charge in [0.15, 0.2) is 0 Å². The number of piperazine rings is 1. The second-order valence-electron chi connectivity index (χ2n) is 6.58. The first kappa shape index (κ1) is 16.8. The molecular weight excluding hydrogens is 356 g/mol. The third kappa shape index (κ3) is 3.12. The number of hydrogen-bond acceptors (Lipinski definition) is 4. The summed E-state index contributed by atoms with van der Waals surface area (Å²) in [5.74, 6) is 0.0185. The van der Waals surface area contributed by atoms with Gasteiger partial charge in [-0.3, -0.25) is 4.79 Å². The van der Waals surface area contributed by atoms with E-state index in [1.54, 1.807) is 16.2 Å². The molecule has 25 heavy (non-hydrogen) atoms. The molecule has 1 saturated heterocycles. The number of thiophene rings is 1. The minimum atomic E-state index is -3.18. The Morgan fingerprint density at radius 1 is 1.04 bits per heavy atom. The summed E-state index contributed by atoms with van der Waals surface area (Å²) in [6, 6.07) is 10.4. The number of benzene rings is 1. The normalized spacial score (nSPS) is 17.9. The third-order valence-corrected chi connectivity index (χ3v) is 7.44. The van der Waals surface area contributed by atoms with Crippen molar-refractivity contribution in [2.45, 2.75) is 12.8 Å². The zero-order valence-electron chi connectivity index (χ0n) is 14.1. The number of fused-ring (bicyclic) bond motifs is 3. The molecule has 132 valence electrons. The highest BCUT2D eigenvalue weighted by Gasteiger charge is 2.28. The molecule has 0 unspecified atom stereocenters. The molecule has 1 aliphatic heterocycles. The van der Waals surface area contributed by atoms with Gasteiger partial charge < -0.3 is 4.90 Å². The number of amides is 1. The Bertz CT molecular complexity index is 926. The van der Waals surface area contributed by atoms with Gasteiger partial charge in [0.1, 0.15) is 0 Å². The van der Waals surface area contributed by atoms with Crippen molar-refractivity contribution in [3.8, 4) is 10.4 Å². The van der Waals surface area contributed by atoms with Crippen molar-refractivity contribution in [1.82, 2.24) is 9.21 Å². The Morgan fingerprint density at radius 3 is 2.44 bits per heavy atom. The molecule has 2 aliphatic rings. The van der Waals surface area contributed by atoms with E-state index in [0.29, 0.717) is 26.2 Å². The van der Waals surface area contributed by atoms with Crippen molar-refractivity contribution in [1.29, 1.82) is 0 Å². The lowest BCUT2D eigenvalue weighted by molar-refractivity contribution is 0.0703. The fourth-order valence-electron chi connectivity index (χ4n) is 3.56. The molecule has 7 heteroatoms. The molecule has 1 amide bonds. The van der Waals surface area contributed by atoms with Gasteiger partial charge in [0.2, 0.25) is 10.0 Å². The van der Waals surface area contributed by atoms with Gasteiger partial charge in [0.05, 0.1) is 11.1 Å². The van der Waals surface area contributed by atoms with Gasteiger partial charge in [-0.15, -0.1) is 11.3 Å². The van der Waals surface area contributed by atoms with Gasteiger partial charge in [-0.1, -0.05) is 24.3 Å². The van der Waals surface area contributed by atoms with Crippen molar-refractivity contribution in [2.24, 2.45) is 0 Å². The van der Waals surface area contributed by atoms with Crippen LogP contribution >= 0.6 is 11.3 Å². The Balaban J connectivity index is 1.55. The summed E-state index contributed by atoms with van der Waals surface area (Å²) >= 11 is 1.56. The minimum absolute atomic E-state index is 0.0185. The maximum Gasteiger partial charge on any atom is 0.264 e. The van der Waals surface area contributed by atoms with Crippen LogP contribution in [0.25, 0.3) is 10.4 Å². The molecule has 0 bridgehead atoms. The predicted molar refractivity (Wildman–Crippen MR) is 99.5 cm³/mol. The predicted octanol–water partition coefficient (Wildman–Crippen LogP) is 2.23. The molecule has 0 atom stereocenters. The largest absolute Gasteiger partial charge is 0.335 e. The van der Waals surface area contributed by atoms with Crippen molar-refractivity contribution in [3.05, 3.63) is 46.3 Å². The molecule has 1 aromatic heterocycles. The quantitative estimate of drug-likeness (QED) is 0.808. The first-order valence-electron chi connectivity index (χ1n) is 8.39. The van der Waals surface area contributed by atoms with E-state index in [2.05, 4.69) is 18.2 Å². The molecule has 5 nitrogen and oxygen atoms in total. The van der Waals surface area contributed by atoms with Crippen LogP contribution < -0.4 is 0 Å². The van der Waals surface area contributed by atoms with Crippen LogP contribution in [0.3, 0.4) is 0 Å². The third-order valence-electron chi connectivity index (χ3n) is 4.94. The number of nitrogens with zero attached hydrogens (tertiary/aromatic N) is 2. The summed E-state index contributed by atoms with van der Waals surface area (Å²) in [7, 11) is -3.18. The molecule has 0 radical (unpaired) electrons. The highest BCUT2D eigenvalue weighted by Crippen LogP contribution is 2.39. The Morgan fingerprint density at radius 2 is 1.72 bits per heavy atom. The molecule has 1 fully saturated rings. The monoisotopic (exact) mass is 376 g/mol. The van der Waals surface area contributed by atoms with Crippen LogP contribution in [0, 0.1) is 0 Å². The fraction of sp³-hybridized carbons (Fsp3) is 0.389. The highest BCUT2D eigenvalue weighted by molar-refractivity contribution is 7.88. The highest BCUT2D eigenvalue weighted by atomic mass is 32.2. The second-order valence-corrected chi connectivity index (χ2v) is 9.61. The molecule has 2 heterocycles. The molecular formula is C18H20N2O3S2. The van der Waals surface area contributed by atoms with Crippen LogP contribution in [0.1, 0.15) is 20.8 Å². The van der Waals surface area contributed by atoms with Crippen LogP contribution in [-0.4, -0.2) is 56.0 Å². The molecule has 4 rings (SSSR count). The lowest BCUT2D eigenvalue weighted by Gasteiger charge is -2.33. The smallest absolute Gasteiger partial charge is 0.264 e. The van der Waals surface area contributed by atoms with Crippen LogP contribution in [0.15, 0.2) is 30.3 Å². The van der Waals surface area contributed by atoms with Crippen molar-refractivity contribution >= 4 is 27.3 Å². The SMILES string of the molecule is CS(=O)(=O)N1CCN(C(=O)c2cc3c(s2)-c2ccccc2CC3)CC1. The number of sulfonamides is 1. The minimum Gasteiger partial charge on any atom is -0.335 e. The zero-order chi connectivity index (χ0) is 17.6. The van der Waals surface area contributed by atoms with Gasteiger partial charge in [-0.05, 0) is 35.6 Å². The number of aryl methyl sites for hydroxylation is 2. The lowest BCUT2D eigenvalue weighted by Crippen LogP contribution is -2.50. The standard InChI is InChI=1S/C18H20N2O3S2/c1-25(22,23)20-10-8-19(9-11-20)18(21)16-12-14-7-6-13-4-2-3-5-15(13)17(14)24-16/h2-5,12H,6-11H2,1H3. The molecule has 2 aromatic rings. The lowest BCUT2D eigenvalue weighted by atomic mass is 9.91. The van der Waals surface area contributed by atoms with Crippen LogP contribution in [0.4, 0.5) is 0 Å². The van der Waals surface area contributed by atoms with E-state index in [0.717, 1.165) is 17.7 Å². The van der Waals surface area contributed by atoms with Gasteiger partial charge in [0.25, 0.3) is 5.91 Å². The fourth-order valence-corrected chi connectivity index (χ4v) is 5.62. The summed E-state index contributed by atoms with van der Waals surface area (Å²) in [6.45, 7) is 1.65. The average molecular weight is 377 g/mol. The average Bonchev–Trinajstić information content (AvgIpc) is 3.05. The summed E-state index contributed by atoms with van der Waals surface area (Å²) in [5, 5.41) is 0. The molecule has 1 aliphatic carbocycles. The van der Waals surface area contributed by atoms with Crippen LogP contribution in [-0.2, 0) is 22.9 Å². The van der Waals surface area contributed by atoms with E-state index < -0.39 is 10.0 Å². The number of rotatable bonds is 2. The summed E-state index contributed by atoms with van der Waals surface area (Å²) in [5.41, 5.74) is 3.84. The maximum atomic E-state index is 12.9. The van der Waals surface area contributed by atoms with E-state index in [9.17, 15) is 13.2 Å². The Hall–Kier alpha value is -1.70. The molecule has 1 aromatic carbocycles. The summed E-state index contributed by atoms with van der Waals surface area (Å²) in [6.07, 6.45) is 3.20. The van der Waals surface area contributed by atoms with E-state index >= 15 is 0 Å². The zero-order valence-corrected chi connectivity index (χ0v) is 15.7. The number of carbonyl (C=O) groups is 1. The maximum absolute atomic E-state index is 12.9. The van der Waals surface area contributed by atoms with E-state index in [-0.39, 0.29) is 5.91 Å². The van der Waals surface area contributed by atoms with E-state index in [1.165, 1.54) is 32.1 Å². The van der Waals surface area contributed by atoms with Crippen LogP contribution in [0.5, 0.6) is 0 Å². The Kier molecular flexibility index (Phi) is 4.17. The number of carbonyl (C=O) groups excluding carboxylic acids is 1. The van der Waals surface area contributed by atoms with Crippen LogP contribution in [0.2, 0.25) is 0 Å². The molecule has 0 N–H and O–H groups in total. The summed E-state index contributed by atoms with van der Waals surface area (Å²) < 4.78 is 24.7. The second kappa shape index (κ2) is 6.23. The molecule has 0 saturated carbocycles. The van der Waals surface area contributed by atoms with Gasteiger partial charge in [-0.2, -0.15) is 4.31 Å². The van der Waals surface area contributed by atoms with Gasteiger partial charge in [0, 0.05) is 31.1 Å². The first-order chi connectivity index (χ1) is 11.9. The van der Waals surface area contributed by atoms with Crippen molar-refractivity contribution in [3.63, 3.8) is 0 Å². The van der Waals surface area contributed by atoms with Gasteiger partial charge >= 0.3 is 0 Å². The summed E-state index contributed by atoms with van der Waals surface area (Å²) in [4.78, 5) is 16.6. The van der Waals surface area contributed by atoms with E-state index in [1.807, 2.05) is 12.1 Å². The van der Waals surface area contributed by atoms with Crippen molar-refractivity contribution in [2.75, 3.05) is 32.4 Å². The Labute approximate surface area is 151 Å². The topological polar surface area (TPSA) is 57.7 Å².